The van der Waals surface area contributed by atoms with Crippen LogP contribution in [0.5, 0.6) is 0 Å². The molecule has 2 amide bonds. The van der Waals surface area contributed by atoms with Crippen LogP contribution in [0.25, 0.3) is 17.0 Å². The smallest absolute Gasteiger partial charge is 0.247 e. The lowest BCUT2D eigenvalue weighted by atomic mass is 10.1. The number of hydrogen-bond donors (Lipinski definition) is 0. The van der Waals surface area contributed by atoms with Gasteiger partial charge in [0, 0.05) is 52.0 Å². The molecule has 0 bridgehead atoms. The molecule has 0 unspecified atom stereocenters. The van der Waals surface area contributed by atoms with Gasteiger partial charge in [0.1, 0.15) is 6.04 Å². The minimum absolute atomic E-state index is 0.0546. The van der Waals surface area contributed by atoms with Gasteiger partial charge >= 0.3 is 0 Å². The number of fused-ring (bicyclic) bond motifs is 1. The predicted octanol–water partition coefficient (Wildman–Crippen LogP) is 4.98. The Morgan fingerprint density at radius 1 is 1.33 bits per heavy atom. The maximum absolute atomic E-state index is 12.9. The van der Waals surface area contributed by atoms with Crippen molar-refractivity contribution in [2.45, 2.75) is 19.5 Å². The van der Waals surface area contributed by atoms with E-state index < -0.39 is 6.04 Å². The van der Waals surface area contributed by atoms with Crippen molar-refractivity contribution in [2.24, 2.45) is 0 Å². The van der Waals surface area contributed by atoms with Crippen LogP contribution in [0.15, 0.2) is 52.5 Å². The van der Waals surface area contributed by atoms with E-state index in [1.807, 2.05) is 29.6 Å². The van der Waals surface area contributed by atoms with Gasteiger partial charge in [0.2, 0.25) is 11.8 Å². The standard InChI is InChI=1S/C22H19BrClN3O2S/c1-14-22(29)26(12-15-2-4-18-19(24)6-7-25-20(18)10-15)8-9-27(14)21(28)5-3-17-11-16(23)13-30-17/h2-7,10-11,13-14H,8-9,12H2,1H3/b5-3+/t14-/m0/s1. The van der Waals surface area contributed by atoms with Crippen LogP contribution in [0.4, 0.5) is 0 Å². The Balaban J connectivity index is 1.43. The molecular formula is C22H19BrClN3O2S. The summed E-state index contributed by atoms with van der Waals surface area (Å²) in [6, 6.07) is 9.07. The highest BCUT2D eigenvalue weighted by Crippen LogP contribution is 2.24. The predicted molar refractivity (Wildman–Crippen MR) is 124 cm³/mol. The number of halogens is 2. The second-order valence-electron chi connectivity index (χ2n) is 7.11. The van der Waals surface area contributed by atoms with Gasteiger partial charge < -0.3 is 9.80 Å². The first-order chi connectivity index (χ1) is 14.4. The molecule has 4 rings (SSSR count). The van der Waals surface area contributed by atoms with Crippen molar-refractivity contribution in [1.82, 2.24) is 14.8 Å². The number of piperazine rings is 1. The number of benzene rings is 1. The molecule has 30 heavy (non-hydrogen) atoms. The molecule has 1 atom stereocenters. The summed E-state index contributed by atoms with van der Waals surface area (Å²) < 4.78 is 0.989. The first-order valence-electron chi connectivity index (χ1n) is 9.47. The lowest BCUT2D eigenvalue weighted by Gasteiger charge is -2.38. The van der Waals surface area contributed by atoms with Gasteiger partial charge in [-0.05, 0) is 52.7 Å². The molecule has 3 aromatic rings. The van der Waals surface area contributed by atoms with Crippen LogP contribution in [0.2, 0.25) is 5.02 Å². The summed E-state index contributed by atoms with van der Waals surface area (Å²) in [5.74, 6) is -0.203. The van der Waals surface area contributed by atoms with E-state index in [2.05, 4.69) is 20.9 Å². The molecule has 1 saturated heterocycles. The second-order valence-corrected chi connectivity index (χ2v) is 9.38. The Morgan fingerprint density at radius 3 is 2.93 bits per heavy atom. The van der Waals surface area contributed by atoms with Crippen LogP contribution in [0.1, 0.15) is 17.4 Å². The molecule has 0 spiro atoms. The van der Waals surface area contributed by atoms with Crippen LogP contribution in [0.3, 0.4) is 0 Å². The Bertz CT molecular complexity index is 1150. The summed E-state index contributed by atoms with van der Waals surface area (Å²) >= 11 is 11.2. The number of nitrogens with zero attached hydrogens (tertiary/aromatic N) is 3. The van der Waals surface area contributed by atoms with E-state index in [9.17, 15) is 9.59 Å². The number of carbonyl (C=O) groups excluding carboxylic acids is 2. The number of carbonyl (C=O) groups is 2. The van der Waals surface area contributed by atoms with Gasteiger partial charge in [-0.2, -0.15) is 0 Å². The summed E-state index contributed by atoms with van der Waals surface area (Å²) in [7, 11) is 0. The average molecular weight is 505 g/mol. The van der Waals surface area contributed by atoms with Crippen LogP contribution in [-0.4, -0.2) is 45.7 Å². The number of thiophene rings is 1. The van der Waals surface area contributed by atoms with Gasteiger partial charge in [-0.15, -0.1) is 11.3 Å². The maximum atomic E-state index is 12.9. The minimum Gasteiger partial charge on any atom is -0.335 e. The summed E-state index contributed by atoms with van der Waals surface area (Å²) in [6.07, 6.45) is 5.00. The van der Waals surface area contributed by atoms with Gasteiger partial charge in [-0.3, -0.25) is 14.6 Å². The van der Waals surface area contributed by atoms with E-state index >= 15 is 0 Å². The average Bonchev–Trinajstić information content (AvgIpc) is 3.15. The van der Waals surface area contributed by atoms with E-state index in [0.717, 1.165) is 25.8 Å². The molecule has 0 N–H and O–H groups in total. The molecule has 1 aromatic carbocycles. The Labute approximate surface area is 192 Å². The van der Waals surface area contributed by atoms with Crippen molar-refractivity contribution < 1.29 is 9.59 Å². The summed E-state index contributed by atoms with van der Waals surface area (Å²) in [5, 5.41) is 3.51. The molecule has 1 aliphatic rings. The molecule has 5 nitrogen and oxygen atoms in total. The third-order valence-corrected chi connectivity index (χ3v) is 7.12. The van der Waals surface area contributed by atoms with E-state index in [-0.39, 0.29) is 11.8 Å². The molecule has 1 aliphatic heterocycles. The summed E-state index contributed by atoms with van der Waals surface area (Å²) in [4.78, 5) is 34.3. The topological polar surface area (TPSA) is 53.5 Å². The molecule has 154 valence electrons. The van der Waals surface area contributed by atoms with Crippen molar-refractivity contribution in [2.75, 3.05) is 13.1 Å². The molecule has 8 heteroatoms. The van der Waals surface area contributed by atoms with Gasteiger partial charge in [-0.25, -0.2) is 0 Å². The molecule has 2 aromatic heterocycles. The molecule has 1 fully saturated rings. The zero-order chi connectivity index (χ0) is 21.3. The lowest BCUT2D eigenvalue weighted by Crippen LogP contribution is -2.56. The summed E-state index contributed by atoms with van der Waals surface area (Å²) in [6.45, 7) is 3.26. The normalized spacial score (nSPS) is 17.3. The zero-order valence-corrected chi connectivity index (χ0v) is 19.4. The SMILES string of the molecule is C[C@H]1C(=O)N(Cc2ccc3c(Cl)ccnc3c2)CCN1C(=O)/C=C/c1cc(Br)cs1. The van der Waals surface area contributed by atoms with Gasteiger partial charge in [0.15, 0.2) is 0 Å². The van der Waals surface area contributed by atoms with Crippen molar-refractivity contribution >= 4 is 67.7 Å². The van der Waals surface area contributed by atoms with Gasteiger partial charge in [-0.1, -0.05) is 23.7 Å². The largest absolute Gasteiger partial charge is 0.335 e. The van der Waals surface area contributed by atoms with Gasteiger partial charge in [0.25, 0.3) is 0 Å². The second kappa shape index (κ2) is 8.88. The highest BCUT2D eigenvalue weighted by molar-refractivity contribution is 9.10. The first-order valence-corrected chi connectivity index (χ1v) is 11.5. The molecule has 0 saturated carbocycles. The van der Waals surface area contributed by atoms with E-state index in [0.29, 0.717) is 24.7 Å². The fourth-order valence-electron chi connectivity index (χ4n) is 3.53. The summed E-state index contributed by atoms with van der Waals surface area (Å²) in [5.41, 5.74) is 1.79. The highest BCUT2D eigenvalue weighted by atomic mass is 79.9. The van der Waals surface area contributed by atoms with Crippen molar-refractivity contribution in [1.29, 1.82) is 0 Å². The van der Waals surface area contributed by atoms with Crippen molar-refractivity contribution in [3.05, 3.63) is 67.9 Å². The fraction of sp³-hybridized carbons (Fsp3) is 0.227. The van der Waals surface area contributed by atoms with Crippen LogP contribution in [0, 0.1) is 0 Å². The lowest BCUT2D eigenvalue weighted by molar-refractivity contribution is -0.148. The van der Waals surface area contributed by atoms with Crippen molar-refractivity contribution in [3.8, 4) is 0 Å². The molecular weight excluding hydrogens is 486 g/mol. The zero-order valence-electron chi connectivity index (χ0n) is 16.2. The first kappa shape index (κ1) is 21.0. The number of amides is 2. The van der Waals surface area contributed by atoms with Gasteiger partial charge in [0.05, 0.1) is 10.5 Å². The quantitative estimate of drug-likeness (QED) is 0.471. The number of rotatable bonds is 4. The Kier molecular flexibility index (Phi) is 6.22. The Hall–Kier alpha value is -2.22. The van der Waals surface area contributed by atoms with Crippen LogP contribution in [-0.2, 0) is 16.1 Å². The number of pyridine rings is 1. The molecule has 3 heterocycles. The van der Waals surface area contributed by atoms with Crippen molar-refractivity contribution in [3.63, 3.8) is 0 Å². The van der Waals surface area contributed by atoms with Crippen LogP contribution >= 0.6 is 38.9 Å². The minimum atomic E-state index is -0.501. The third-order valence-electron chi connectivity index (χ3n) is 5.14. The third kappa shape index (κ3) is 4.43. The van der Waals surface area contributed by atoms with E-state index in [1.54, 1.807) is 46.4 Å². The molecule has 0 aliphatic carbocycles. The number of aromatic nitrogens is 1. The fourth-order valence-corrected chi connectivity index (χ4v) is 5.08. The highest BCUT2D eigenvalue weighted by Gasteiger charge is 2.33. The maximum Gasteiger partial charge on any atom is 0.247 e. The van der Waals surface area contributed by atoms with E-state index in [4.69, 9.17) is 11.6 Å². The monoisotopic (exact) mass is 503 g/mol. The van der Waals surface area contributed by atoms with E-state index in [1.165, 1.54) is 6.08 Å². The number of hydrogen-bond acceptors (Lipinski definition) is 4. The Morgan fingerprint density at radius 2 is 2.17 bits per heavy atom. The van der Waals surface area contributed by atoms with Crippen LogP contribution < -0.4 is 0 Å². The molecule has 0 radical (unpaired) electrons.